The Balaban J connectivity index is 2.69. The van der Waals surface area contributed by atoms with Crippen molar-refractivity contribution in [3.8, 4) is 0 Å². The molecule has 3 N–H and O–H groups in total. The Hall–Kier alpha value is -1.10. The Bertz CT molecular complexity index is 495. The Morgan fingerprint density at radius 3 is 3.00 bits per heavy atom. The van der Waals surface area contributed by atoms with Gasteiger partial charge in [0.05, 0.1) is 0 Å². The predicted molar refractivity (Wildman–Crippen MR) is 59.0 cm³/mol. The molecule has 2 rings (SSSR count). The Labute approximate surface area is 92.3 Å². The molecule has 0 saturated carbocycles. The normalized spacial score (nSPS) is 13.3. The van der Waals surface area contributed by atoms with E-state index in [4.69, 9.17) is 17.3 Å². The fourth-order valence-corrected chi connectivity index (χ4v) is 1.82. The number of aliphatic hydroxyl groups is 1. The van der Waals surface area contributed by atoms with Gasteiger partial charge in [-0.15, -0.1) is 0 Å². The molecule has 0 amide bonds. The highest BCUT2D eigenvalue weighted by molar-refractivity contribution is 6.30. The molecule has 0 radical (unpaired) electrons. The van der Waals surface area contributed by atoms with Crippen molar-refractivity contribution in [1.29, 1.82) is 0 Å². The maximum Gasteiger partial charge on any atom is 0.141 e. The molecule has 2 heterocycles. The highest BCUT2D eigenvalue weighted by Crippen LogP contribution is 2.24. The number of hydrogen-bond donors (Lipinski definition) is 2. The van der Waals surface area contributed by atoms with Gasteiger partial charge in [-0.2, -0.15) is 0 Å². The number of aliphatic hydroxyl groups excluding tert-OH is 1. The number of rotatable bonds is 2. The lowest BCUT2D eigenvalue weighted by Crippen LogP contribution is -2.12. The third kappa shape index (κ3) is 1.61. The molecule has 0 fully saturated rings. The molecule has 0 aliphatic heterocycles. The molecule has 15 heavy (non-hydrogen) atoms. The second kappa shape index (κ2) is 3.81. The number of aromatic nitrogens is 2. The van der Waals surface area contributed by atoms with E-state index < -0.39 is 6.10 Å². The van der Waals surface area contributed by atoms with Crippen LogP contribution in [0.4, 0.5) is 0 Å². The van der Waals surface area contributed by atoms with E-state index in [1.165, 1.54) is 0 Å². The Kier molecular flexibility index (Phi) is 2.65. The van der Waals surface area contributed by atoms with Crippen molar-refractivity contribution in [1.82, 2.24) is 9.38 Å². The molecule has 2 aromatic rings. The zero-order valence-electron chi connectivity index (χ0n) is 8.31. The van der Waals surface area contributed by atoms with E-state index in [1.54, 1.807) is 4.40 Å². The zero-order chi connectivity index (χ0) is 11.0. The second-order valence-electron chi connectivity index (χ2n) is 3.42. The molecule has 5 heteroatoms. The first-order valence-corrected chi connectivity index (χ1v) is 5.04. The number of nitrogens with two attached hydrogens (primary N) is 1. The lowest BCUT2D eigenvalue weighted by Gasteiger charge is -2.03. The molecule has 1 atom stereocenters. The fraction of sp³-hybridized carbons (Fsp3) is 0.300. The summed E-state index contributed by atoms with van der Waals surface area (Å²) in [6.07, 6.45) is 1.00. The van der Waals surface area contributed by atoms with Gasteiger partial charge >= 0.3 is 0 Å². The van der Waals surface area contributed by atoms with Crippen molar-refractivity contribution in [2.45, 2.75) is 13.0 Å². The van der Waals surface area contributed by atoms with Gasteiger partial charge in [0.15, 0.2) is 0 Å². The first-order chi connectivity index (χ1) is 7.15. The smallest absolute Gasteiger partial charge is 0.141 e. The standard InChI is InChI=1S/C10H12ClN3O/c1-6-3-2-4-14-9(11)8(7(15)5-12)13-10(6)14/h2-4,7,15H,5,12H2,1H3. The van der Waals surface area contributed by atoms with Crippen LogP contribution in [0.1, 0.15) is 17.4 Å². The summed E-state index contributed by atoms with van der Waals surface area (Å²) in [5, 5.41) is 10.0. The number of aryl methyl sites for hydroxylation is 1. The van der Waals surface area contributed by atoms with Gasteiger partial charge in [0, 0.05) is 12.7 Å². The van der Waals surface area contributed by atoms with Crippen LogP contribution in [-0.4, -0.2) is 21.0 Å². The molecule has 0 aliphatic carbocycles. The van der Waals surface area contributed by atoms with E-state index in [9.17, 15) is 5.11 Å². The van der Waals surface area contributed by atoms with Crippen molar-refractivity contribution in [2.75, 3.05) is 6.54 Å². The Morgan fingerprint density at radius 2 is 2.40 bits per heavy atom. The summed E-state index contributed by atoms with van der Waals surface area (Å²) in [5.74, 6) is 0. The zero-order valence-corrected chi connectivity index (χ0v) is 9.07. The molecule has 0 aromatic carbocycles. The molecule has 80 valence electrons. The van der Waals surface area contributed by atoms with Crippen LogP contribution in [0.15, 0.2) is 18.3 Å². The van der Waals surface area contributed by atoms with Crippen molar-refractivity contribution in [3.05, 3.63) is 34.7 Å². The quantitative estimate of drug-likeness (QED) is 0.810. The van der Waals surface area contributed by atoms with Crippen molar-refractivity contribution >= 4 is 17.2 Å². The third-order valence-corrected chi connectivity index (χ3v) is 2.73. The van der Waals surface area contributed by atoms with Gasteiger partial charge in [-0.1, -0.05) is 17.7 Å². The summed E-state index contributed by atoms with van der Waals surface area (Å²) in [5.41, 5.74) is 7.58. The summed E-state index contributed by atoms with van der Waals surface area (Å²) < 4.78 is 1.74. The van der Waals surface area contributed by atoms with E-state index in [1.807, 2.05) is 25.3 Å². The molecule has 0 aliphatic rings. The van der Waals surface area contributed by atoms with Gasteiger partial charge in [0.25, 0.3) is 0 Å². The number of hydrogen-bond acceptors (Lipinski definition) is 3. The van der Waals surface area contributed by atoms with E-state index >= 15 is 0 Å². The van der Waals surface area contributed by atoms with Crippen LogP contribution < -0.4 is 5.73 Å². The highest BCUT2D eigenvalue weighted by atomic mass is 35.5. The van der Waals surface area contributed by atoms with Crippen molar-refractivity contribution < 1.29 is 5.11 Å². The van der Waals surface area contributed by atoms with Gasteiger partial charge in [-0.3, -0.25) is 4.40 Å². The second-order valence-corrected chi connectivity index (χ2v) is 3.78. The van der Waals surface area contributed by atoms with Crippen molar-refractivity contribution in [2.24, 2.45) is 5.73 Å². The molecule has 0 spiro atoms. The van der Waals surface area contributed by atoms with E-state index in [0.29, 0.717) is 10.8 Å². The fourth-order valence-electron chi connectivity index (χ4n) is 1.52. The number of nitrogens with zero attached hydrogens (tertiary/aromatic N) is 2. The molecule has 0 saturated heterocycles. The van der Waals surface area contributed by atoms with Crippen LogP contribution >= 0.6 is 11.6 Å². The van der Waals surface area contributed by atoms with E-state index in [0.717, 1.165) is 11.2 Å². The monoisotopic (exact) mass is 225 g/mol. The summed E-state index contributed by atoms with van der Waals surface area (Å²) in [7, 11) is 0. The molecule has 2 aromatic heterocycles. The maximum absolute atomic E-state index is 9.62. The minimum absolute atomic E-state index is 0.114. The largest absolute Gasteiger partial charge is 0.385 e. The molecular formula is C10H12ClN3O. The Morgan fingerprint density at radius 1 is 1.67 bits per heavy atom. The van der Waals surface area contributed by atoms with Crippen LogP contribution in [-0.2, 0) is 0 Å². The molecule has 0 bridgehead atoms. The maximum atomic E-state index is 9.62. The van der Waals surface area contributed by atoms with Crippen LogP contribution in [0.3, 0.4) is 0 Å². The van der Waals surface area contributed by atoms with Gasteiger partial charge < -0.3 is 10.8 Å². The van der Waals surface area contributed by atoms with Crippen molar-refractivity contribution in [3.63, 3.8) is 0 Å². The topological polar surface area (TPSA) is 63.5 Å². The number of pyridine rings is 1. The predicted octanol–water partition coefficient (Wildman–Crippen LogP) is 1.29. The van der Waals surface area contributed by atoms with Gasteiger partial charge in [-0.05, 0) is 18.6 Å². The minimum Gasteiger partial charge on any atom is -0.385 e. The highest BCUT2D eigenvalue weighted by Gasteiger charge is 2.17. The lowest BCUT2D eigenvalue weighted by atomic mass is 10.3. The SMILES string of the molecule is Cc1cccn2c(Cl)c(C(O)CN)nc12. The summed E-state index contributed by atoms with van der Waals surface area (Å²) in [6, 6.07) is 3.83. The average molecular weight is 226 g/mol. The molecule has 1 unspecified atom stereocenters. The number of imidazole rings is 1. The molecular weight excluding hydrogens is 214 g/mol. The first-order valence-electron chi connectivity index (χ1n) is 4.66. The molecule has 4 nitrogen and oxygen atoms in total. The van der Waals surface area contributed by atoms with Gasteiger partial charge in [0.1, 0.15) is 22.6 Å². The van der Waals surface area contributed by atoms with Gasteiger partial charge in [-0.25, -0.2) is 4.98 Å². The van der Waals surface area contributed by atoms with Crippen LogP contribution in [0.2, 0.25) is 5.15 Å². The van der Waals surface area contributed by atoms with Crippen LogP contribution in [0.25, 0.3) is 5.65 Å². The van der Waals surface area contributed by atoms with Crippen LogP contribution in [0.5, 0.6) is 0 Å². The number of halogens is 1. The minimum atomic E-state index is -0.809. The summed E-state index contributed by atoms with van der Waals surface area (Å²) in [6.45, 7) is 2.06. The summed E-state index contributed by atoms with van der Waals surface area (Å²) >= 11 is 6.09. The van der Waals surface area contributed by atoms with E-state index in [-0.39, 0.29) is 6.54 Å². The first kappa shape index (κ1) is 10.4. The van der Waals surface area contributed by atoms with Crippen LogP contribution in [0, 0.1) is 6.92 Å². The van der Waals surface area contributed by atoms with E-state index in [2.05, 4.69) is 4.98 Å². The van der Waals surface area contributed by atoms with Gasteiger partial charge in [0.2, 0.25) is 0 Å². The number of fused-ring (bicyclic) bond motifs is 1. The summed E-state index contributed by atoms with van der Waals surface area (Å²) in [4.78, 5) is 4.28. The average Bonchev–Trinajstić information content (AvgIpc) is 2.57. The lowest BCUT2D eigenvalue weighted by molar-refractivity contribution is 0.182. The third-order valence-electron chi connectivity index (χ3n) is 2.35.